The van der Waals surface area contributed by atoms with E-state index in [4.69, 9.17) is 0 Å². The van der Waals surface area contributed by atoms with E-state index in [1.54, 1.807) is 31.2 Å². The van der Waals surface area contributed by atoms with Crippen molar-refractivity contribution < 1.29 is 13.6 Å². The zero-order valence-electron chi connectivity index (χ0n) is 17.3. The zero-order chi connectivity index (χ0) is 22.8. The van der Waals surface area contributed by atoms with Gasteiger partial charge in [0.15, 0.2) is 5.16 Å². The molecule has 32 heavy (non-hydrogen) atoms. The van der Waals surface area contributed by atoms with Gasteiger partial charge in [0, 0.05) is 6.07 Å². The minimum absolute atomic E-state index is 0.246. The van der Waals surface area contributed by atoms with Crippen molar-refractivity contribution in [3.8, 4) is 5.69 Å². The van der Waals surface area contributed by atoms with Crippen LogP contribution < -0.4 is 10.9 Å². The first-order valence-corrected chi connectivity index (χ1v) is 10.7. The van der Waals surface area contributed by atoms with E-state index in [0.29, 0.717) is 21.7 Å². The quantitative estimate of drug-likeness (QED) is 0.339. The number of thioether (sulfide) groups is 1. The van der Waals surface area contributed by atoms with Gasteiger partial charge in [0.2, 0.25) is 5.91 Å². The molecule has 0 fully saturated rings. The van der Waals surface area contributed by atoms with Crippen LogP contribution in [0.4, 0.5) is 14.5 Å². The summed E-state index contributed by atoms with van der Waals surface area (Å²) in [4.78, 5) is 30.6. The molecule has 0 saturated carbocycles. The lowest BCUT2D eigenvalue weighted by Crippen LogP contribution is -2.26. The molecular weight excluding hydrogens is 432 g/mol. The number of aromatic nitrogens is 2. The highest BCUT2D eigenvalue weighted by Crippen LogP contribution is 2.26. The number of fused-ring (bicyclic) bond motifs is 1. The molecule has 1 heterocycles. The van der Waals surface area contributed by atoms with Crippen LogP contribution in [0.5, 0.6) is 0 Å². The van der Waals surface area contributed by atoms with Gasteiger partial charge in [-0.2, -0.15) is 0 Å². The Kier molecular flexibility index (Phi) is 6.05. The first-order valence-electron chi connectivity index (χ1n) is 9.85. The third kappa shape index (κ3) is 4.40. The van der Waals surface area contributed by atoms with Crippen LogP contribution >= 0.6 is 11.8 Å². The van der Waals surface area contributed by atoms with Crippen molar-refractivity contribution in [3.63, 3.8) is 0 Å². The van der Waals surface area contributed by atoms with Crippen molar-refractivity contribution >= 4 is 34.3 Å². The molecule has 8 heteroatoms. The van der Waals surface area contributed by atoms with Crippen LogP contribution in [0, 0.1) is 18.6 Å². The van der Waals surface area contributed by atoms with Crippen LogP contribution in [0.3, 0.4) is 0 Å². The molecule has 0 bridgehead atoms. The van der Waals surface area contributed by atoms with Gasteiger partial charge in [-0.15, -0.1) is 0 Å². The Labute approximate surface area is 187 Å². The number of benzene rings is 3. The molecule has 1 unspecified atom stereocenters. The van der Waals surface area contributed by atoms with Crippen LogP contribution in [0.2, 0.25) is 0 Å². The molecule has 1 N–H and O–H groups in total. The Morgan fingerprint density at radius 1 is 1.06 bits per heavy atom. The maximum Gasteiger partial charge on any atom is 0.266 e. The highest BCUT2D eigenvalue weighted by Gasteiger charge is 2.21. The van der Waals surface area contributed by atoms with Crippen LogP contribution in [-0.2, 0) is 4.79 Å². The zero-order valence-corrected chi connectivity index (χ0v) is 18.1. The lowest BCUT2D eigenvalue weighted by Gasteiger charge is -2.17. The van der Waals surface area contributed by atoms with Crippen LogP contribution in [0.25, 0.3) is 16.6 Å². The number of rotatable bonds is 5. The number of halogens is 2. The lowest BCUT2D eigenvalue weighted by atomic mass is 10.2. The average molecular weight is 451 g/mol. The topological polar surface area (TPSA) is 64.0 Å². The smallest absolute Gasteiger partial charge is 0.266 e. The number of para-hydroxylation sites is 1. The van der Waals surface area contributed by atoms with Crippen LogP contribution in [0.1, 0.15) is 12.5 Å². The summed E-state index contributed by atoms with van der Waals surface area (Å²) in [5.41, 5.74) is 1.66. The molecule has 4 aromatic rings. The molecule has 0 spiro atoms. The monoisotopic (exact) mass is 451 g/mol. The van der Waals surface area contributed by atoms with E-state index >= 15 is 0 Å². The lowest BCUT2D eigenvalue weighted by molar-refractivity contribution is -0.115. The number of amides is 1. The summed E-state index contributed by atoms with van der Waals surface area (Å²) in [5.74, 6) is -1.94. The maximum atomic E-state index is 13.9. The molecular formula is C24H19F2N3O2S. The predicted molar refractivity (Wildman–Crippen MR) is 122 cm³/mol. The van der Waals surface area contributed by atoms with Crippen molar-refractivity contribution in [2.24, 2.45) is 0 Å². The first-order chi connectivity index (χ1) is 15.3. The Hall–Kier alpha value is -3.52. The van der Waals surface area contributed by atoms with Crippen molar-refractivity contribution in [1.29, 1.82) is 0 Å². The SMILES string of the molecule is Cc1ccc(-n2c(SC(C)C(=O)Nc3cc(F)ccc3F)nc3ccccc3c2=O)cc1. The third-order valence-electron chi connectivity index (χ3n) is 4.87. The summed E-state index contributed by atoms with van der Waals surface area (Å²) in [7, 11) is 0. The Morgan fingerprint density at radius 3 is 2.53 bits per heavy atom. The predicted octanol–water partition coefficient (Wildman–Crippen LogP) is 5.09. The first kappa shape index (κ1) is 21.7. The molecule has 0 aliphatic carbocycles. The molecule has 1 amide bonds. The second-order valence-corrected chi connectivity index (χ2v) is 8.57. The molecule has 162 valence electrons. The van der Waals surface area contributed by atoms with Gasteiger partial charge in [-0.05, 0) is 50.2 Å². The highest BCUT2D eigenvalue weighted by molar-refractivity contribution is 8.00. The van der Waals surface area contributed by atoms with E-state index in [2.05, 4.69) is 10.3 Å². The molecule has 4 rings (SSSR count). The fourth-order valence-corrected chi connectivity index (χ4v) is 4.08. The van der Waals surface area contributed by atoms with Crippen molar-refractivity contribution in [3.05, 3.63) is 94.3 Å². The fourth-order valence-electron chi connectivity index (χ4n) is 3.15. The summed E-state index contributed by atoms with van der Waals surface area (Å²) in [5, 5.41) is 2.43. The van der Waals surface area contributed by atoms with Gasteiger partial charge in [-0.25, -0.2) is 13.8 Å². The van der Waals surface area contributed by atoms with Gasteiger partial charge in [-0.1, -0.05) is 41.6 Å². The van der Waals surface area contributed by atoms with Crippen LogP contribution in [0.15, 0.2) is 76.7 Å². The van der Waals surface area contributed by atoms with Crippen molar-refractivity contribution in [2.75, 3.05) is 5.32 Å². The molecule has 0 radical (unpaired) electrons. The second kappa shape index (κ2) is 8.92. The standard InChI is InChI=1S/C24H19F2N3O2S/c1-14-7-10-17(11-8-14)29-23(31)18-5-3-4-6-20(18)28-24(29)32-15(2)22(30)27-21-13-16(25)9-12-19(21)26/h3-13,15H,1-2H3,(H,27,30). The number of nitrogens with zero attached hydrogens (tertiary/aromatic N) is 2. The highest BCUT2D eigenvalue weighted by atomic mass is 32.2. The summed E-state index contributed by atoms with van der Waals surface area (Å²) < 4.78 is 28.8. The second-order valence-electron chi connectivity index (χ2n) is 7.26. The minimum atomic E-state index is -0.748. The largest absolute Gasteiger partial charge is 0.323 e. The van der Waals surface area contributed by atoms with Gasteiger partial charge in [0.05, 0.1) is 27.5 Å². The molecule has 0 aliphatic heterocycles. The maximum absolute atomic E-state index is 13.9. The van der Waals surface area contributed by atoms with E-state index in [9.17, 15) is 18.4 Å². The summed E-state index contributed by atoms with van der Waals surface area (Å²) >= 11 is 1.06. The summed E-state index contributed by atoms with van der Waals surface area (Å²) in [6.45, 7) is 3.55. The van der Waals surface area contributed by atoms with E-state index in [1.807, 2.05) is 31.2 Å². The van der Waals surface area contributed by atoms with E-state index in [1.165, 1.54) is 4.57 Å². The number of anilines is 1. The van der Waals surface area contributed by atoms with Gasteiger partial charge in [-0.3, -0.25) is 14.2 Å². The number of nitrogens with one attached hydrogen (secondary N) is 1. The number of carbonyl (C=O) groups is 1. The van der Waals surface area contributed by atoms with E-state index in [-0.39, 0.29) is 11.2 Å². The third-order valence-corrected chi connectivity index (χ3v) is 5.93. The normalized spacial score (nSPS) is 12.0. The van der Waals surface area contributed by atoms with E-state index in [0.717, 1.165) is 35.5 Å². The molecule has 5 nitrogen and oxygen atoms in total. The fraction of sp³-hybridized carbons (Fsp3) is 0.125. The van der Waals surface area contributed by atoms with Gasteiger partial charge in [0.1, 0.15) is 11.6 Å². The van der Waals surface area contributed by atoms with Gasteiger partial charge < -0.3 is 5.32 Å². The van der Waals surface area contributed by atoms with E-state index < -0.39 is 22.8 Å². The number of hydrogen-bond acceptors (Lipinski definition) is 4. The molecule has 1 aromatic heterocycles. The van der Waals surface area contributed by atoms with Crippen molar-refractivity contribution in [1.82, 2.24) is 9.55 Å². The number of aryl methyl sites for hydroxylation is 1. The average Bonchev–Trinajstić information content (AvgIpc) is 2.77. The number of carbonyl (C=O) groups excluding carboxylic acids is 1. The summed E-state index contributed by atoms with van der Waals surface area (Å²) in [6.07, 6.45) is 0. The molecule has 3 aromatic carbocycles. The molecule has 1 atom stereocenters. The Balaban J connectivity index is 1.72. The Morgan fingerprint density at radius 2 is 1.78 bits per heavy atom. The van der Waals surface area contributed by atoms with Crippen LogP contribution in [-0.4, -0.2) is 20.7 Å². The van der Waals surface area contributed by atoms with Gasteiger partial charge in [0.25, 0.3) is 5.56 Å². The molecule has 0 aliphatic rings. The Bertz CT molecular complexity index is 1370. The number of hydrogen-bond donors (Lipinski definition) is 1. The summed E-state index contributed by atoms with van der Waals surface area (Å²) in [6, 6.07) is 17.2. The molecule has 0 saturated heterocycles. The van der Waals surface area contributed by atoms with Crippen molar-refractivity contribution in [2.45, 2.75) is 24.3 Å². The van der Waals surface area contributed by atoms with Gasteiger partial charge >= 0.3 is 0 Å². The minimum Gasteiger partial charge on any atom is -0.323 e.